The van der Waals surface area contributed by atoms with E-state index < -0.39 is 15.9 Å². The lowest BCUT2D eigenvalue weighted by Gasteiger charge is -2.22. The zero-order chi connectivity index (χ0) is 20.1. The van der Waals surface area contributed by atoms with E-state index in [1.54, 1.807) is 18.2 Å². The molecule has 144 valence electrons. The molecule has 0 saturated carbocycles. The Kier molecular flexibility index (Phi) is 5.66. The highest BCUT2D eigenvalue weighted by molar-refractivity contribution is 7.92. The fraction of sp³-hybridized carbons (Fsp3) is 0.200. The van der Waals surface area contributed by atoms with Crippen LogP contribution in [0.25, 0.3) is 10.9 Å². The van der Waals surface area contributed by atoms with Crippen LogP contribution in [0.5, 0.6) is 0 Å². The number of benzene rings is 2. The Bertz CT molecular complexity index is 1150. The van der Waals surface area contributed by atoms with E-state index in [0.29, 0.717) is 18.5 Å². The standard InChI is InChI=1S/C20H20N4O3S/c1-28(26,27)24(17-6-4-5-15(11-17)12-21)14-20(25)22-10-9-16-13-23-19-8-3-2-7-18(16)19/h2-8,11,13,23H,9-10,14H2,1H3,(H,22,25). The number of nitrogens with zero attached hydrogens (tertiary/aromatic N) is 2. The van der Waals surface area contributed by atoms with E-state index in [0.717, 1.165) is 27.0 Å². The molecule has 0 aliphatic heterocycles. The zero-order valence-corrected chi connectivity index (χ0v) is 16.2. The summed E-state index contributed by atoms with van der Waals surface area (Å²) in [6, 6.07) is 16.0. The third-order valence-corrected chi connectivity index (χ3v) is 5.48. The summed E-state index contributed by atoms with van der Waals surface area (Å²) in [5, 5.41) is 12.9. The van der Waals surface area contributed by atoms with Gasteiger partial charge in [-0.2, -0.15) is 5.26 Å². The van der Waals surface area contributed by atoms with E-state index in [1.165, 1.54) is 6.07 Å². The lowest BCUT2D eigenvalue weighted by Crippen LogP contribution is -2.41. The van der Waals surface area contributed by atoms with Crippen molar-refractivity contribution in [2.75, 3.05) is 23.7 Å². The molecule has 2 N–H and O–H groups in total. The van der Waals surface area contributed by atoms with Crippen molar-refractivity contribution in [3.05, 3.63) is 65.9 Å². The van der Waals surface area contributed by atoms with Crippen molar-refractivity contribution in [1.29, 1.82) is 5.26 Å². The molecule has 0 aliphatic rings. The van der Waals surface area contributed by atoms with Gasteiger partial charge in [-0.05, 0) is 36.2 Å². The largest absolute Gasteiger partial charge is 0.361 e. The number of hydrogen-bond donors (Lipinski definition) is 2. The number of fused-ring (bicyclic) bond motifs is 1. The van der Waals surface area contributed by atoms with Gasteiger partial charge in [-0.25, -0.2) is 8.42 Å². The SMILES string of the molecule is CS(=O)(=O)N(CC(=O)NCCc1c[nH]c2ccccc12)c1cccc(C#N)c1. The molecule has 0 bridgehead atoms. The van der Waals surface area contributed by atoms with E-state index in [-0.39, 0.29) is 12.2 Å². The molecule has 0 unspecified atom stereocenters. The maximum absolute atomic E-state index is 12.3. The quantitative estimate of drug-likeness (QED) is 0.638. The first-order valence-corrected chi connectivity index (χ1v) is 10.5. The molecular weight excluding hydrogens is 376 g/mol. The van der Waals surface area contributed by atoms with Gasteiger partial charge in [0.25, 0.3) is 0 Å². The van der Waals surface area contributed by atoms with Crippen LogP contribution in [-0.2, 0) is 21.2 Å². The van der Waals surface area contributed by atoms with Gasteiger partial charge in [-0.1, -0.05) is 24.3 Å². The predicted molar refractivity (Wildman–Crippen MR) is 108 cm³/mol. The first-order chi connectivity index (χ1) is 13.4. The molecule has 7 nitrogen and oxygen atoms in total. The van der Waals surface area contributed by atoms with Crippen molar-refractivity contribution >= 4 is 32.5 Å². The van der Waals surface area contributed by atoms with Crippen LogP contribution in [0.15, 0.2) is 54.7 Å². The monoisotopic (exact) mass is 396 g/mol. The van der Waals surface area contributed by atoms with Crippen LogP contribution in [0.2, 0.25) is 0 Å². The highest BCUT2D eigenvalue weighted by Gasteiger charge is 2.21. The molecule has 3 aromatic rings. The molecule has 0 aliphatic carbocycles. The summed E-state index contributed by atoms with van der Waals surface area (Å²) in [7, 11) is -3.68. The number of para-hydroxylation sites is 1. The molecule has 0 atom stereocenters. The van der Waals surface area contributed by atoms with Gasteiger partial charge in [-0.3, -0.25) is 9.10 Å². The third-order valence-electron chi connectivity index (χ3n) is 4.34. The summed E-state index contributed by atoms with van der Waals surface area (Å²) in [6.07, 6.45) is 3.57. The second-order valence-electron chi connectivity index (χ2n) is 6.39. The summed E-state index contributed by atoms with van der Waals surface area (Å²) >= 11 is 0. The Labute approximate surface area is 163 Å². The number of nitriles is 1. The summed E-state index contributed by atoms with van der Waals surface area (Å²) in [6.45, 7) is 0.0398. The summed E-state index contributed by atoms with van der Waals surface area (Å²) in [4.78, 5) is 15.5. The number of carbonyl (C=O) groups excluding carboxylic acids is 1. The van der Waals surface area contributed by atoms with Crippen molar-refractivity contribution in [1.82, 2.24) is 10.3 Å². The Morgan fingerprint density at radius 3 is 2.75 bits per heavy atom. The molecule has 8 heteroatoms. The lowest BCUT2D eigenvalue weighted by atomic mass is 10.1. The van der Waals surface area contributed by atoms with Crippen LogP contribution >= 0.6 is 0 Å². The Hall–Kier alpha value is -3.31. The van der Waals surface area contributed by atoms with Crippen molar-refractivity contribution in [3.8, 4) is 6.07 Å². The highest BCUT2D eigenvalue weighted by Crippen LogP contribution is 2.19. The first-order valence-electron chi connectivity index (χ1n) is 8.68. The van der Waals surface area contributed by atoms with Crippen molar-refractivity contribution in [2.45, 2.75) is 6.42 Å². The minimum atomic E-state index is -3.68. The van der Waals surface area contributed by atoms with E-state index in [2.05, 4.69) is 10.3 Å². The number of carbonyl (C=O) groups is 1. The molecule has 1 amide bonds. The molecule has 1 aromatic heterocycles. The number of H-pyrrole nitrogens is 1. The minimum absolute atomic E-state index is 0.285. The van der Waals surface area contributed by atoms with Crippen molar-refractivity contribution in [3.63, 3.8) is 0 Å². The average molecular weight is 396 g/mol. The van der Waals surface area contributed by atoms with Gasteiger partial charge < -0.3 is 10.3 Å². The number of anilines is 1. The molecule has 0 saturated heterocycles. The van der Waals surface area contributed by atoms with Crippen LogP contribution in [0.4, 0.5) is 5.69 Å². The van der Waals surface area contributed by atoms with Gasteiger partial charge in [0.05, 0.1) is 23.6 Å². The maximum Gasteiger partial charge on any atom is 0.240 e. The van der Waals surface area contributed by atoms with Crippen LogP contribution in [0.1, 0.15) is 11.1 Å². The number of aromatic nitrogens is 1. The van der Waals surface area contributed by atoms with E-state index >= 15 is 0 Å². The third kappa shape index (κ3) is 4.50. The molecule has 1 heterocycles. The van der Waals surface area contributed by atoms with Crippen LogP contribution < -0.4 is 9.62 Å². The number of nitrogens with one attached hydrogen (secondary N) is 2. The summed E-state index contributed by atoms with van der Waals surface area (Å²) in [5.41, 5.74) is 2.72. The van der Waals surface area contributed by atoms with E-state index in [4.69, 9.17) is 5.26 Å². The normalized spacial score (nSPS) is 11.1. The van der Waals surface area contributed by atoms with Gasteiger partial charge in [-0.15, -0.1) is 0 Å². The maximum atomic E-state index is 12.3. The molecule has 28 heavy (non-hydrogen) atoms. The lowest BCUT2D eigenvalue weighted by molar-refractivity contribution is -0.119. The van der Waals surface area contributed by atoms with Crippen molar-refractivity contribution < 1.29 is 13.2 Å². The van der Waals surface area contributed by atoms with Crippen LogP contribution in [0.3, 0.4) is 0 Å². The summed E-state index contributed by atoms with van der Waals surface area (Å²) < 4.78 is 25.3. The van der Waals surface area contributed by atoms with Gasteiger partial charge in [0.2, 0.25) is 15.9 Å². The van der Waals surface area contributed by atoms with Crippen LogP contribution in [0, 0.1) is 11.3 Å². The highest BCUT2D eigenvalue weighted by atomic mass is 32.2. The van der Waals surface area contributed by atoms with Gasteiger partial charge >= 0.3 is 0 Å². The minimum Gasteiger partial charge on any atom is -0.361 e. The smallest absolute Gasteiger partial charge is 0.240 e. The number of rotatable bonds is 7. The molecule has 0 spiro atoms. The van der Waals surface area contributed by atoms with Gasteiger partial charge in [0.1, 0.15) is 6.54 Å². The van der Waals surface area contributed by atoms with Crippen LogP contribution in [-0.4, -0.2) is 38.7 Å². The number of amides is 1. The average Bonchev–Trinajstić information content (AvgIpc) is 3.08. The predicted octanol–water partition coefficient (Wildman–Crippen LogP) is 2.16. The van der Waals surface area contributed by atoms with Gasteiger partial charge in [0, 0.05) is 23.6 Å². The Morgan fingerprint density at radius 2 is 2.00 bits per heavy atom. The fourth-order valence-corrected chi connectivity index (χ4v) is 3.84. The van der Waals surface area contributed by atoms with Gasteiger partial charge in [0.15, 0.2) is 0 Å². The number of sulfonamides is 1. The molecule has 2 aromatic carbocycles. The number of hydrogen-bond acceptors (Lipinski definition) is 4. The Balaban J connectivity index is 1.65. The second-order valence-corrected chi connectivity index (χ2v) is 8.30. The zero-order valence-electron chi connectivity index (χ0n) is 15.3. The second kappa shape index (κ2) is 8.15. The molecular formula is C20H20N4O3S. The Morgan fingerprint density at radius 1 is 1.21 bits per heavy atom. The van der Waals surface area contributed by atoms with E-state index in [1.807, 2.05) is 36.5 Å². The summed E-state index contributed by atoms with van der Waals surface area (Å²) in [5.74, 6) is -0.410. The fourth-order valence-electron chi connectivity index (χ4n) is 2.99. The first kappa shape index (κ1) is 19.5. The topological polar surface area (TPSA) is 106 Å². The number of aromatic amines is 1. The van der Waals surface area contributed by atoms with Crippen molar-refractivity contribution in [2.24, 2.45) is 0 Å². The molecule has 0 radical (unpaired) electrons. The van der Waals surface area contributed by atoms with E-state index in [9.17, 15) is 13.2 Å². The molecule has 0 fully saturated rings. The molecule has 3 rings (SSSR count).